The van der Waals surface area contributed by atoms with Gasteiger partial charge in [0.15, 0.2) is 6.04 Å². The Hall–Kier alpha value is -1.88. The van der Waals surface area contributed by atoms with Gasteiger partial charge in [-0.05, 0) is 40.0 Å². The predicted molar refractivity (Wildman–Crippen MR) is 81.5 cm³/mol. The number of methoxy groups -OCH3 is 1. The van der Waals surface area contributed by atoms with Gasteiger partial charge in [0.05, 0.1) is 11.6 Å². The van der Waals surface area contributed by atoms with E-state index in [1.54, 1.807) is 6.20 Å². The molecule has 1 heterocycles. The van der Waals surface area contributed by atoms with Crippen molar-refractivity contribution >= 4 is 27.7 Å². The fourth-order valence-electron chi connectivity index (χ4n) is 1.82. The molecule has 1 aromatic heterocycles. The summed E-state index contributed by atoms with van der Waals surface area (Å²) in [5.41, 5.74) is 1.87. The topological polar surface area (TPSA) is 51.2 Å². The summed E-state index contributed by atoms with van der Waals surface area (Å²) in [6.07, 6.45) is 1.74. The first kappa shape index (κ1) is 14.5. The van der Waals surface area contributed by atoms with Crippen LogP contribution >= 0.6 is 15.9 Å². The maximum Gasteiger partial charge on any atom is 0.333 e. The molecule has 0 saturated heterocycles. The third-order valence-corrected chi connectivity index (χ3v) is 3.43. The average Bonchev–Trinajstić information content (AvgIpc) is 2.46. The van der Waals surface area contributed by atoms with Crippen LogP contribution in [0.1, 0.15) is 17.2 Å². The molecule has 4 nitrogen and oxygen atoms in total. The highest BCUT2D eigenvalue weighted by molar-refractivity contribution is 9.10. The zero-order chi connectivity index (χ0) is 14.5. The number of carbonyl (C=O) groups is 1. The van der Waals surface area contributed by atoms with E-state index in [-0.39, 0.29) is 5.97 Å². The fourth-order valence-corrected chi connectivity index (χ4v) is 2.40. The van der Waals surface area contributed by atoms with Crippen LogP contribution < -0.4 is 5.32 Å². The Morgan fingerprint density at radius 3 is 2.65 bits per heavy atom. The number of benzene rings is 1. The lowest BCUT2D eigenvalue weighted by atomic mass is 10.1. The molecule has 1 unspecified atom stereocenters. The van der Waals surface area contributed by atoms with Crippen LogP contribution in [-0.2, 0) is 9.53 Å². The summed E-state index contributed by atoms with van der Waals surface area (Å²) < 4.78 is 5.67. The molecule has 0 aliphatic rings. The summed E-state index contributed by atoms with van der Waals surface area (Å²) in [6.45, 7) is 1.95. The van der Waals surface area contributed by atoms with Crippen LogP contribution in [-0.4, -0.2) is 18.1 Å². The number of carbonyl (C=O) groups excluding carboxylic acids is 1. The van der Waals surface area contributed by atoms with Crippen molar-refractivity contribution < 1.29 is 9.53 Å². The smallest absolute Gasteiger partial charge is 0.333 e. The molecule has 0 amide bonds. The molecule has 0 aliphatic heterocycles. The second-order valence-electron chi connectivity index (χ2n) is 4.35. The van der Waals surface area contributed by atoms with Gasteiger partial charge in [0.25, 0.3) is 0 Å². The third kappa shape index (κ3) is 3.36. The summed E-state index contributed by atoms with van der Waals surface area (Å²) in [5, 5.41) is 3.11. The van der Waals surface area contributed by atoms with E-state index in [9.17, 15) is 4.79 Å². The lowest BCUT2D eigenvalue weighted by molar-refractivity contribution is -0.141. The van der Waals surface area contributed by atoms with Crippen molar-refractivity contribution in [3.63, 3.8) is 0 Å². The van der Waals surface area contributed by atoms with Crippen molar-refractivity contribution in [1.82, 2.24) is 4.98 Å². The summed E-state index contributed by atoms with van der Waals surface area (Å²) in [5.74, 6) is 0.250. The molecule has 1 aromatic carbocycles. The number of anilines is 1. The number of ether oxygens (including phenoxy) is 1. The van der Waals surface area contributed by atoms with E-state index in [1.807, 2.05) is 43.3 Å². The Morgan fingerprint density at radius 1 is 1.35 bits per heavy atom. The van der Waals surface area contributed by atoms with Crippen LogP contribution in [0.2, 0.25) is 0 Å². The zero-order valence-electron chi connectivity index (χ0n) is 11.3. The lowest BCUT2D eigenvalue weighted by Crippen LogP contribution is -2.23. The van der Waals surface area contributed by atoms with Crippen LogP contribution in [0.5, 0.6) is 0 Å². The van der Waals surface area contributed by atoms with Gasteiger partial charge in [-0.2, -0.15) is 0 Å². The molecule has 0 saturated carbocycles. The fraction of sp³-hybridized carbons (Fsp3) is 0.200. The molecule has 0 fully saturated rings. The summed E-state index contributed by atoms with van der Waals surface area (Å²) in [7, 11) is 1.37. The second kappa shape index (κ2) is 6.52. The maximum absolute atomic E-state index is 12.0. The van der Waals surface area contributed by atoms with Gasteiger partial charge < -0.3 is 10.1 Å². The molecule has 0 radical (unpaired) electrons. The highest BCUT2D eigenvalue weighted by Crippen LogP contribution is 2.26. The minimum absolute atomic E-state index is 0.356. The van der Waals surface area contributed by atoms with E-state index in [0.29, 0.717) is 5.82 Å². The van der Waals surface area contributed by atoms with Gasteiger partial charge in [0.1, 0.15) is 5.82 Å². The number of esters is 1. The van der Waals surface area contributed by atoms with E-state index in [2.05, 4.69) is 26.2 Å². The Labute approximate surface area is 126 Å². The number of hydrogen-bond donors (Lipinski definition) is 1. The van der Waals surface area contributed by atoms with Crippen molar-refractivity contribution in [3.05, 3.63) is 58.2 Å². The molecule has 1 N–H and O–H groups in total. The van der Waals surface area contributed by atoms with Crippen molar-refractivity contribution in [2.45, 2.75) is 13.0 Å². The van der Waals surface area contributed by atoms with Crippen molar-refractivity contribution in [2.75, 3.05) is 12.4 Å². The van der Waals surface area contributed by atoms with Crippen molar-refractivity contribution in [3.8, 4) is 0 Å². The maximum atomic E-state index is 12.0. The minimum atomic E-state index is -0.590. The number of rotatable bonds is 4. The van der Waals surface area contributed by atoms with Crippen molar-refractivity contribution in [1.29, 1.82) is 0 Å². The summed E-state index contributed by atoms with van der Waals surface area (Å²) in [4.78, 5) is 16.3. The van der Waals surface area contributed by atoms with E-state index in [1.165, 1.54) is 7.11 Å². The number of aromatic nitrogens is 1. The highest BCUT2D eigenvalue weighted by atomic mass is 79.9. The highest BCUT2D eigenvalue weighted by Gasteiger charge is 2.22. The first-order valence-corrected chi connectivity index (χ1v) is 6.92. The lowest BCUT2D eigenvalue weighted by Gasteiger charge is -2.18. The standard InChI is InChI=1S/C15H15BrN2O2/c1-10-8-12(16)14(17-9-10)18-13(15(19)20-2)11-6-4-3-5-7-11/h3-9,13H,1-2H3,(H,17,18). The van der Waals surface area contributed by atoms with Gasteiger partial charge in [-0.1, -0.05) is 30.3 Å². The minimum Gasteiger partial charge on any atom is -0.467 e. The molecule has 0 aliphatic carbocycles. The van der Waals surface area contributed by atoms with Gasteiger partial charge in [0, 0.05) is 6.20 Å². The Kier molecular flexibility index (Phi) is 4.74. The van der Waals surface area contributed by atoms with Gasteiger partial charge in [-0.3, -0.25) is 0 Å². The molecule has 0 spiro atoms. The molecule has 5 heteroatoms. The average molecular weight is 335 g/mol. The van der Waals surface area contributed by atoms with Crippen LogP contribution in [0.4, 0.5) is 5.82 Å². The van der Waals surface area contributed by atoms with Crippen LogP contribution in [0, 0.1) is 6.92 Å². The Morgan fingerprint density at radius 2 is 2.05 bits per heavy atom. The van der Waals surface area contributed by atoms with Gasteiger partial charge in [-0.25, -0.2) is 9.78 Å². The van der Waals surface area contributed by atoms with E-state index < -0.39 is 6.04 Å². The number of aryl methyl sites for hydroxylation is 1. The Bertz CT molecular complexity index is 602. The molecular weight excluding hydrogens is 320 g/mol. The number of nitrogens with zero attached hydrogens (tertiary/aromatic N) is 1. The molecule has 2 rings (SSSR count). The van der Waals surface area contributed by atoms with Gasteiger partial charge >= 0.3 is 5.97 Å². The quantitative estimate of drug-likeness (QED) is 0.869. The van der Waals surface area contributed by atoms with Crippen molar-refractivity contribution in [2.24, 2.45) is 0 Å². The normalized spacial score (nSPS) is 11.8. The number of hydrogen-bond acceptors (Lipinski definition) is 4. The van der Waals surface area contributed by atoms with Crippen LogP contribution in [0.3, 0.4) is 0 Å². The summed E-state index contributed by atoms with van der Waals surface area (Å²) in [6, 6.07) is 10.8. The monoisotopic (exact) mass is 334 g/mol. The number of halogens is 1. The summed E-state index contributed by atoms with van der Waals surface area (Å²) >= 11 is 3.44. The molecular formula is C15H15BrN2O2. The largest absolute Gasteiger partial charge is 0.467 e. The zero-order valence-corrected chi connectivity index (χ0v) is 12.8. The van der Waals surface area contributed by atoms with E-state index in [0.717, 1.165) is 15.6 Å². The molecule has 0 bridgehead atoms. The second-order valence-corrected chi connectivity index (χ2v) is 5.21. The van der Waals surface area contributed by atoms with E-state index >= 15 is 0 Å². The SMILES string of the molecule is COC(=O)C(Nc1ncc(C)cc1Br)c1ccccc1. The van der Waals surface area contributed by atoms with Gasteiger partial charge in [-0.15, -0.1) is 0 Å². The third-order valence-electron chi connectivity index (χ3n) is 2.83. The van der Waals surface area contributed by atoms with E-state index in [4.69, 9.17) is 4.74 Å². The molecule has 20 heavy (non-hydrogen) atoms. The molecule has 104 valence electrons. The predicted octanol–water partition coefficient (Wildman–Crippen LogP) is 3.48. The first-order chi connectivity index (χ1) is 9.61. The Balaban J connectivity index is 2.31. The number of nitrogens with one attached hydrogen (secondary N) is 1. The number of pyridine rings is 1. The first-order valence-electron chi connectivity index (χ1n) is 6.13. The molecule has 1 atom stereocenters. The van der Waals surface area contributed by atoms with Crippen LogP contribution in [0.25, 0.3) is 0 Å². The van der Waals surface area contributed by atoms with Gasteiger partial charge in [0.2, 0.25) is 0 Å². The van der Waals surface area contributed by atoms with Crippen LogP contribution in [0.15, 0.2) is 47.1 Å². The molecule has 2 aromatic rings.